The predicted molar refractivity (Wildman–Crippen MR) is 117 cm³/mol. The lowest BCUT2D eigenvalue weighted by molar-refractivity contribution is -0.129. The molecule has 0 spiro atoms. The highest BCUT2D eigenvalue weighted by atomic mass is 16.2. The van der Waals surface area contributed by atoms with E-state index in [1.54, 1.807) is 24.7 Å². The van der Waals surface area contributed by atoms with E-state index >= 15 is 0 Å². The van der Waals surface area contributed by atoms with Crippen LogP contribution in [0.4, 0.5) is 11.8 Å². The van der Waals surface area contributed by atoms with Gasteiger partial charge in [0, 0.05) is 35.8 Å². The van der Waals surface area contributed by atoms with E-state index in [2.05, 4.69) is 30.2 Å². The Labute approximate surface area is 181 Å². The number of carbonyl (C=O) groups is 1. The Morgan fingerprint density at radius 3 is 2.61 bits per heavy atom. The first-order valence-corrected chi connectivity index (χ1v) is 10.4. The van der Waals surface area contributed by atoms with E-state index in [9.17, 15) is 4.79 Å². The molecule has 9 nitrogen and oxygen atoms in total. The van der Waals surface area contributed by atoms with Crippen molar-refractivity contribution in [2.24, 2.45) is 0 Å². The second kappa shape index (κ2) is 9.03. The number of H-pyrrole nitrogens is 1. The molecule has 160 valence electrons. The van der Waals surface area contributed by atoms with Crippen molar-refractivity contribution < 1.29 is 4.79 Å². The Morgan fingerprint density at radius 2 is 1.87 bits per heavy atom. The minimum atomic E-state index is -0.173. The van der Waals surface area contributed by atoms with Gasteiger partial charge in [0.2, 0.25) is 11.9 Å². The lowest BCUT2D eigenvalue weighted by atomic mass is 10.0. The van der Waals surface area contributed by atoms with Gasteiger partial charge in [-0.25, -0.2) is 24.9 Å². The molecule has 0 saturated carbocycles. The molecule has 0 bridgehead atoms. The number of rotatable bonds is 5. The van der Waals surface area contributed by atoms with Gasteiger partial charge in [0.25, 0.3) is 0 Å². The lowest BCUT2D eigenvalue weighted by Gasteiger charge is -2.34. The summed E-state index contributed by atoms with van der Waals surface area (Å²) in [5.74, 6) is 1.70. The summed E-state index contributed by atoms with van der Waals surface area (Å²) in [4.78, 5) is 39.9. The Balaban J connectivity index is 1.58. The first-order valence-electron chi connectivity index (χ1n) is 10.4. The van der Waals surface area contributed by atoms with Gasteiger partial charge in [-0.2, -0.15) is 0 Å². The number of amides is 1. The van der Waals surface area contributed by atoms with Gasteiger partial charge in [-0.3, -0.25) is 4.79 Å². The van der Waals surface area contributed by atoms with Crippen LogP contribution in [0.1, 0.15) is 53.9 Å². The maximum atomic E-state index is 12.9. The highest BCUT2D eigenvalue weighted by Crippen LogP contribution is 2.30. The van der Waals surface area contributed by atoms with Gasteiger partial charge in [0.05, 0.1) is 24.3 Å². The summed E-state index contributed by atoms with van der Waals surface area (Å²) in [5, 5.41) is 3.19. The molecule has 0 aliphatic carbocycles. The van der Waals surface area contributed by atoms with Crippen LogP contribution in [0.3, 0.4) is 0 Å². The summed E-state index contributed by atoms with van der Waals surface area (Å²) in [5.41, 5.74) is 3.37. The number of imidazole rings is 1. The molecular formula is C22H26N8O. The quantitative estimate of drug-likeness (QED) is 0.610. The number of carbonyl (C=O) groups excluding carboxylic acids is 1. The van der Waals surface area contributed by atoms with E-state index in [-0.39, 0.29) is 11.9 Å². The van der Waals surface area contributed by atoms with Crippen LogP contribution in [0.2, 0.25) is 0 Å². The van der Waals surface area contributed by atoms with Crippen LogP contribution in [0.25, 0.3) is 6.08 Å². The number of piperidine rings is 1. The molecule has 31 heavy (non-hydrogen) atoms. The Hall–Kier alpha value is -3.62. The summed E-state index contributed by atoms with van der Waals surface area (Å²) in [6.07, 6.45) is 9.39. The third-order valence-electron chi connectivity index (χ3n) is 5.10. The minimum Gasteiger partial charge on any atom is -0.345 e. The lowest BCUT2D eigenvalue weighted by Crippen LogP contribution is -2.38. The van der Waals surface area contributed by atoms with Crippen LogP contribution < -0.4 is 5.32 Å². The van der Waals surface area contributed by atoms with Crippen molar-refractivity contribution in [2.45, 2.75) is 46.1 Å². The Kier molecular flexibility index (Phi) is 6.01. The largest absolute Gasteiger partial charge is 0.345 e. The van der Waals surface area contributed by atoms with E-state index in [1.165, 1.54) is 0 Å². The highest BCUT2D eigenvalue weighted by molar-refractivity contribution is 5.91. The summed E-state index contributed by atoms with van der Waals surface area (Å²) in [6.45, 7) is 6.46. The van der Waals surface area contributed by atoms with Gasteiger partial charge in [-0.05, 0) is 52.2 Å². The fourth-order valence-electron chi connectivity index (χ4n) is 3.78. The molecule has 1 aliphatic heterocycles. The van der Waals surface area contributed by atoms with Gasteiger partial charge in [-0.15, -0.1) is 0 Å². The first-order chi connectivity index (χ1) is 15.0. The highest BCUT2D eigenvalue weighted by Gasteiger charge is 2.29. The number of anilines is 2. The number of aromatic amines is 1. The predicted octanol–water partition coefficient (Wildman–Crippen LogP) is 3.43. The molecule has 4 heterocycles. The summed E-state index contributed by atoms with van der Waals surface area (Å²) >= 11 is 0. The van der Waals surface area contributed by atoms with E-state index in [0.717, 1.165) is 42.0 Å². The molecule has 1 amide bonds. The van der Waals surface area contributed by atoms with Gasteiger partial charge in [0.15, 0.2) is 5.82 Å². The molecule has 4 rings (SSSR count). The summed E-state index contributed by atoms with van der Waals surface area (Å²) in [6, 6.07) is 3.61. The molecule has 1 saturated heterocycles. The second-order valence-electron chi connectivity index (χ2n) is 7.74. The van der Waals surface area contributed by atoms with Gasteiger partial charge >= 0.3 is 0 Å². The molecule has 1 unspecified atom stereocenters. The van der Waals surface area contributed by atoms with E-state index in [4.69, 9.17) is 4.98 Å². The molecule has 0 radical (unpaired) electrons. The van der Waals surface area contributed by atoms with Crippen LogP contribution in [0, 0.1) is 20.8 Å². The number of aryl methyl sites for hydroxylation is 3. The summed E-state index contributed by atoms with van der Waals surface area (Å²) < 4.78 is 0. The SMILES string of the molecule is Cc1cc(C)nc(Nc2cc(C)nc(C3CCCCN3C(=O)/C=C/c3cnc[nH]3)n2)n1. The number of likely N-dealkylation sites (tertiary alicyclic amines) is 1. The van der Waals surface area contributed by atoms with Crippen molar-refractivity contribution in [3.05, 3.63) is 59.3 Å². The number of hydrogen-bond acceptors (Lipinski definition) is 7. The zero-order valence-electron chi connectivity index (χ0n) is 18.0. The van der Waals surface area contributed by atoms with Crippen molar-refractivity contribution in [2.75, 3.05) is 11.9 Å². The number of hydrogen-bond donors (Lipinski definition) is 2. The molecule has 1 fully saturated rings. The average Bonchev–Trinajstić information content (AvgIpc) is 3.24. The summed E-state index contributed by atoms with van der Waals surface area (Å²) in [7, 11) is 0. The van der Waals surface area contributed by atoms with Crippen molar-refractivity contribution >= 4 is 23.7 Å². The Bertz CT molecular complexity index is 1070. The topological polar surface area (TPSA) is 113 Å². The molecule has 0 aromatic carbocycles. The van der Waals surface area contributed by atoms with Crippen LogP contribution in [-0.4, -0.2) is 47.3 Å². The number of aromatic nitrogens is 6. The van der Waals surface area contributed by atoms with Crippen LogP contribution in [-0.2, 0) is 4.79 Å². The molecule has 1 aliphatic rings. The monoisotopic (exact) mass is 418 g/mol. The molecule has 3 aromatic rings. The standard InChI is InChI=1S/C22H26N8O/c1-14-10-15(2)27-22(26-14)29-19-11-16(3)25-21(28-19)18-6-4-5-9-30(18)20(31)8-7-17-12-23-13-24-17/h7-8,10-13,18H,4-6,9H2,1-3H3,(H,23,24)(H,25,26,27,28,29)/b8-7+. The van der Waals surface area contributed by atoms with Gasteiger partial charge < -0.3 is 15.2 Å². The maximum absolute atomic E-state index is 12.9. The van der Waals surface area contributed by atoms with Crippen molar-refractivity contribution in [3.63, 3.8) is 0 Å². The molecule has 3 aromatic heterocycles. The zero-order valence-corrected chi connectivity index (χ0v) is 18.0. The average molecular weight is 419 g/mol. The van der Waals surface area contributed by atoms with Crippen molar-refractivity contribution in [1.29, 1.82) is 0 Å². The first kappa shape index (κ1) is 20.6. The fraction of sp³-hybridized carbons (Fsp3) is 0.364. The minimum absolute atomic E-state index is 0.0587. The zero-order chi connectivity index (χ0) is 21.8. The smallest absolute Gasteiger partial charge is 0.247 e. The third-order valence-corrected chi connectivity index (χ3v) is 5.10. The van der Waals surface area contributed by atoms with Crippen molar-refractivity contribution in [3.8, 4) is 0 Å². The normalized spacial score (nSPS) is 16.6. The van der Waals surface area contributed by atoms with E-state index < -0.39 is 0 Å². The number of nitrogens with zero attached hydrogens (tertiary/aromatic N) is 6. The molecule has 9 heteroatoms. The van der Waals surface area contributed by atoms with Gasteiger partial charge in [-0.1, -0.05) is 0 Å². The van der Waals surface area contributed by atoms with Crippen LogP contribution >= 0.6 is 0 Å². The Morgan fingerprint density at radius 1 is 1.10 bits per heavy atom. The second-order valence-corrected chi connectivity index (χ2v) is 7.74. The molecule has 2 N–H and O–H groups in total. The maximum Gasteiger partial charge on any atom is 0.247 e. The van der Waals surface area contributed by atoms with E-state index in [0.29, 0.717) is 24.1 Å². The molecule has 1 atom stereocenters. The molecular weight excluding hydrogens is 392 g/mol. The fourth-order valence-corrected chi connectivity index (χ4v) is 3.78. The van der Waals surface area contributed by atoms with Crippen molar-refractivity contribution in [1.82, 2.24) is 34.8 Å². The van der Waals surface area contributed by atoms with Crippen LogP contribution in [0.5, 0.6) is 0 Å². The van der Waals surface area contributed by atoms with Crippen LogP contribution in [0.15, 0.2) is 30.7 Å². The third kappa shape index (κ3) is 5.11. The van der Waals surface area contributed by atoms with E-state index in [1.807, 2.05) is 37.8 Å². The number of nitrogens with one attached hydrogen (secondary N) is 2. The van der Waals surface area contributed by atoms with Gasteiger partial charge in [0.1, 0.15) is 5.82 Å².